The number of sulfonamides is 1. The predicted octanol–water partition coefficient (Wildman–Crippen LogP) is 4.30. The Morgan fingerprint density at radius 3 is 2.44 bits per heavy atom. The van der Waals surface area contributed by atoms with Crippen molar-refractivity contribution in [3.8, 4) is 5.75 Å². The van der Waals surface area contributed by atoms with Gasteiger partial charge in [0.25, 0.3) is 0 Å². The maximum Gasteiger partial charge on any atom is 0.244 e. The van der Waals surface area contributed by atoms with Crippen molar-refractivity contribution in [3.05, 3.63) is 58.7 Å². The van der Waals surface area contributed by atoms with Gasteiger partial charge in [-0.2, -0.15) is 0 Å². The summed E-state index contributed by atoms with van der Waals surface area (Å²) in [6.07, 6.45) is 6.42. The van der Waals surface area contributed by atoms with E-state index in [0.717, 1.165) is 34.5 Å². The van der Waals surface area contributed by atoms with Crippen molar-refractivity contribution in [2.45, 2.75) is 65.0 Å². The molecule has 1 amide bonds. The van der Waals surface area contributed by atoms with Gasteiger partial charge in [-0.25, -0.2) is 8.42 Å². The molecule has 0 fully saturated rings. The highest BCUT2D eigenvalue weighted by Crippen LogP contribution is 2.33. The molecule has 1 aliphatic rings. The first-order valence-electron chi connectivity index (χ1n) is 11.2. The molecule has 0 bridgehead atoms. The second-order valence-corrected chi connectivity index (χ2v) is 10.5. The number of ether oxygens (including phenoxy) is 1. The molecule has 3 rings (SSSR count). The fourth-order valence-corrected chi connectivity index (χ4v) is 5.61. The van der Waals surface area contributed by atoms with Crippen molar-refractivity contribution in [1.82, 2.24) is 5.32 Å². The van der Waals surface area contributed by atoms with E-state index < -0.39 is 16.1 Å². The topological polar surface area (TPSA) is 75.7 Å². The minimum absolute atomic E-state index is 0.182. The van der Waals surface area contributed by atoms with Gasteiger partial charge >= 0.3 is 0 Å². The lowest BCUT2D eigenvalue weighted by Gasteiger charge is -2.31. The van der Waals surface area contributed by atoms with Gasteiger partial charge in [0, 0.05) is 0 Å². The number of nitrogens with zero attached hydrogens (tertiary/aromatic N) is 1. The number of benzene rings is 2. The van der Waals surface area contributed by atoms with Gasteiger partial charge in [-0.3, -0.25) is 9.10 Å². The number of fused-ring (bicyclic) bond motifs is 1. The van der Waals surface area contributed by atoms with Crippen LogP contribution in [0.4, 0.5) is 5.69 Å². The van der Waals surface area contributed by atoms with Crippen LogP contribution in [0.3, 0.4) is 0 Å². The number of amides is 1. The number of methoxy groups -OCH3 is 1. The molecular weight excluding hydrogens is 424 g/mol. The maximum atomic E-state index is 13.3. The molecule has 174 valence electrons. The molecule has 0 saturated heterocycles. The Labute approximate surface area is 192 Å². The number of anilines is 1. The Bertz CT molecular complexity index is 1080. The van der Waals surface area contributed by atoms with Crippen LogP contribution in [0.2, 0.25) is 0 Å². The lowest BCUT2D eigenvalue weighted by atomic mass is 9.88. The smallest absolute Gasteiger partial charge is 0.244 e. The fraction of sp³-hybridized carbons (Fsp3) is 0.480. The van der Waals surface area contributed by atoms with Crippen LogP contribution >= 0.6 is 0 Å². The number of hydrogen-bond donors (Lipinski definition) is 1. The van der Waals surface area contributed by atoms with Crippen LogP contribution in [-0.4, -0.2) is 33.7 Å². The quantitative estimate of drug-likeness (QED) is 0.640. The molecule has 7 heteroatoms. The monoisotopic (exact) mass is 458 g/mol. The van der Waals surface area contributed by atoms with Gasteiger partial charge in [0.2, 0.25) is 15.9 Å². The number of aryl methyl sites for hydroxylation is 3. The van der Waals surface area contributed by atoms with E-state index in [4.69, 9.17) is 4.74 Å². The van der Waals surface area contributed by atoms with E-state index in [-0.39, 0.29) is 11.9 Å². The summed E-state index contributed by atoms with van der Waals surface area (Å²) in [5.74, 6) is 0.0611. The minimum Gasteiger partial charge on any atom is -0.495 e. The van der Waals surface area contributed by atoms with Crippen molar-refractivity contribution in [3.63, 3.8) is 0 Å². The molecule has 0 unspecified atom stereocenters. The molecule has 6 nitrogen and oxygen atoms in total. The van der Waals surface area contributed by atoms with Crippen LogP contribution in [0.15, 0.2) is 36.4 Å². The lowest BCUT2D eigenvalue weighted by Crippen LogP contribution is -2.48. The number of nitrogens with one attached hydrogen (secondary N) is 1. The third-order valence-electron chi connectivity index (χ3n) is 6.16. The highest BCUT2D eigenvalue weighted by atomic mass is 32.2. The number of carbonyl (C=O) groups excluding carboxylic acids is 1. The molecule has 2 atom stereocenters. The molecule has 0 radical (unpaired) electrons. The van der Waals surface area contributed by atoms with E-state index in [2.05, 4.69) is 23.5 Å². The second-order valence-electron chi connectivity index (χ2n) is 8.61. The Morgan fingerprint density at radius 2 is 1.81 bits per heavy atom. The molecule has 0 aromatic heterocycles. The van der Waals surface area contributed by atoms with Crippen molar-refractivity contribution in [1.29, 1.82) is 0 Å². The number of carbonyl (C=O) groups is 1. The average Bonchev–Trinajstić information content (AvgIpc) is 2.76. The zero-order valence-corrected chi connectivity index (χ0v) is 20.5. The summed E-state index contributed by atoms with van der Waals surface area (Å²) in [6.45, 7) is 5.50. The first-order chi connectivity index (χ1) is 15.2. The lowest BCUT2D eigenvalue weighted by molar-refractivity contribution is -0.122. The van der Waals surface area contributed by atoms with Crippen LogP contribution in [0.1, 0.15) is 61.4 Å². The number of rotatable bonds is 8. The van der Waals surface area contributed by atoms with Crippen molar-refractivity contribution in [2.24, 2.45) is 0 Å². The van der Waals surface area contributed by atoms with Crippen molar-refractivity contribution < 1.29 is 17.9 Å². The summed E-state index contributed by atoms with van der Waals surface area (Å²) in [5.41, 5.74) is 5.05. The Balaban J connectivity index is 1.88. The summed E-state index contributed by atoms with van der Waals surface area (Å²) in [4.78, 5) is 13.3. The molecule has 1 aliphatic carbocycles. The third kappa shape index (κ3) is 5.26. The molecule has 2 aromatic rings. The maximum absolute atomic E-state index is 13.3. The molecule has 0 aliphatic heterocycles. The van der Waals surface area contributed by atoms with Gasteiger partial charge in [0.05, 0.1) is 25.1 Å². The van der Waals surface area contributed by atoms with Gasteiger partial charge in [-0.15, -0.1) is 0 Å². The molecule has 0 spiro atoms. The van der Waals surface area contributed by atoms with E-state index in [1.807, 2.05) is 19.9 Å². The predicted molar refractivity (Wildman–Crippen MR) is 129 cm³/mol. The standard InChI is InChI=1S/C25H34N2O4S/c1-6-22(21-13-12-19-9-7-8-10-20(19)16-21)26-25(28)18(3)27(32(5,29)30)23-15-17(2)11-14-24(23)31-4/h11-16,18,22H,6-10H2,1-5H3,(H,26,28)/t18-,22-/m0/s1. The van der Waals surface area contributed by atoms with Crippen LogP contribution in [0, 0.1) is 6.92 Å². The molecule has 2 aromatic carbocycles. The van der Waals surface area contributed by atoms with Crippen LogP contribution in [0.25, 0.3) is 0 Å². The van der Waals surface area contributed by atoms with E-state index in [1.54, 1.807) is 19.1 Å². The normalized spacial score (nSPS) is 15.4. The minimum atomic E-state index is -3.74. The van der Waals surface area contributed by atoms with Gasteiger partial charge < -0.3 is 10.1 Å². The van der Waals surface area contributed by atoms with Gasteiger partial charge in [-0.1, -0.05) is 31.2 Å². The van der Waals surface area contributed by atoms with Gasteiger partial charge in [-0.05, 0) is 80.3 Å². The molecule has 0 heterocycles. The zero-order valence-electron chi connectivity index (χ0n) is 19.6. The number of hydrogen-bond acceptors (Lipinski definition) is 4. The van der Waals surface area contributed by atoms with E-state index in [0.29, 0.717) is 17.9 Å². The highest BCUT2D eigenvalue weighted by molar-refractivity contribution is 7.92. The third-order valence-corrected chi connectivity index (χ3v) is 7.39. The fourth-order valence-electron chi connectivity index (χ4n) is 4.44. The van der Waals surface area contributed by atoms with Crippen molar-refractivity contribution in [2.75, 3.05) is 17.7 Å². The Hall–Kier alpha value is -2.54. The molecular formula is C25H34N2O4S. The molecule has 32 heavy (non-hydrogen) atoms. The van der Waals surface area contributed by atoms with Crippen molar-refractivity contribution >= 4 is 21.6 Å². The molecule has 0 saturated carbocycles. The Morgan fingerprint density at radius 1 is 1.12 bits per heavy atom. The van der Waals surface area contributed by atoms with E-state index in [9.17, 15) is 13.2 Å². The van der Waals surface area contributed by atoms with Crippen LogP contribution in [0.5, 0.6) is 5.75 Å². The van der Waals surface area contributed by atoms with E-state index in [1.165, 1.54) is 31.1 Å². The first kappa shape index (κ1) is 24.1. The summed E-state index contributed by atoms with van der Waals surface area (Å²) in [7, 11) is -2.25. The highest BCUT2D eigenvalue weighted by Gasteiger charge is 2.32. The van der Waals surface area contributed by atoms with Crippen LogP contribution < -0.4 is 14.4 Å². The average molecular weight is 459 g/mol. The summed E-state index contributed by atoms with van der Waals surface area (Å²) in [6, 6.07) is 10.6. The Kier molecular flexibility index (Phi) is 7.49. The summed E-state index contributed by atoms with van der Waals surface area (Å²) in [5, 5.41) is 3.08. The zero-order chi connectivity index (χ0) is 23.5. The van der Waals surface area contributed by atoms with Crippen LogP contribution in [-0.2, 0) is 27.7 Å². The largest absolute Gasteiger partial charge is 0.495 e. The SMILES string of the molecule is CC[C@H](NC(=O)[C@H](C)N(c1cc(C)ccc1OC)S(C)(=O)=O)c1ccc2c(c1)CCCC2. The van der Waals surface area contributed by atoms with E-state index >= 15 is 0 Å². The molecule has 1 N–H and O–H groups in total. The second kappa shape index (κ2) is 9.94. The summed E-state index contributed by atoms with van der Waals surface area (Å²) < 4.78 is 32.0. The van der Waals surface area contributed by atoms with Gasteiger partial charge in [0.15, 0.2) is 0 Å². The summed E-state index contributed by atoms with van der Waals surface area (Å²) >= 11 is 0. The van der Waals surface area contributed by atoms with Gasteiger partial charge in [0.1, 0.15) is 11.8 Å². The first-order valence-corrected chi connectivity index (χ1v) is 13.1.